The second-order valence-electron chi connectivity index (χ2n) is 3.78. The first-order chi connectivity index (χ1) is 6.09. The predicted octanol–water partition coefficient (Wildman–Crippen LogP) is 1.00. The molecular formula is C10H22N2O. The standard InChI is InChI=1S/C10H22N2O/c1-8(2)9(3)10(13)12-7-5-6-11-4/h8-9,11H,5-7H2,1-4H3,(H,12,13). The molecular weight excluding hydrogens is 164 g/mol. The van der Waals surface area contributed by atoms with Crippen LogP contribution in [-0.2, 0) is 4.79 Å². The van der Waals surface area contributed by atoms with Gasteiger partial charge in [0.2, 0.25) is 5.91 Å². The van der Waals surface area contributed by atoms with E-state index in [2.05, 4.69) is 24.5 Å². The molecule has 1 amide bonds. The van der Waals surface area contributed by atoms with Gasteiger partial charge in [-0.2, -0.15) is 0 Å². The highest BCUT2D eigenvalue weighted by Crippen LogP contribution is 2.08. The van der Waals surface area contributed by atoms with Crippen LogP contribution in [0, 0.1) is 11.8 Å². The van der Waals surface area contributed by atoms with E-state index in [-0.39, 0.29) is 11.8 Å². The summed E-state index contributed by atoms with van der Waals surface area (Å²) in [4.78, 5) is 11.4. The fraction of sp³-hybridized carbons (Fsp3) is 0.900. The summed E-state index contributed by atoms with van der Waals surface area (Å²) in [6, 6.07) is 0. The molecule has 1 unspecified atom stereocenters. The van der Waals surface area contributed by atoms with E-state index < -0.39 is 0 Å². The van der Waals surface area contributed by atoms with Gasteiger partial charge in [0.15, 0.2) is 0 Å². The largest absolute Gasteiger partial charge is 0.356 e. The summed E-state index contributed by atoms with van der Waals surface area (Å²) in [6.07, 6.45) is 0.993. The van der Waals surface area contributed by atoms with Crippen molar-refractivity contribution in [1.82, 2.24) is 10.6 Å². The topological polar surface area (TPSA) is 41.1 Å². The lowest BCUT2D eigenvalue weighted by atomic mass is 9.97. The van der Waals surface area contributed by atoms with Gasteiger partial charge in [0, 0.05) is 12.5 Å². The minimum Gasteiger partial charge on any atom is -0.356 e. The molecule has 0 saturated heterocycles. The molecule has 13 heavy (non-hydrogen) atoms. The Morgan fingerprint density at radius 1 is 1.23 bits per heavy atom. The van der Waals surface area contributed by atoms with E-state index in [1.807, 2.05) is 14.0 Å². The first kappa shape index (κ1) is 12.4. The van der Waals surface area contributed by atoms with Crippen molar-refractivity contribution < 1.29 is 4.79 Å². The van der Waals surface area contributed by atoms with Crippen LogP contribution in [0.5, 0.6) is 0 Å². The van der Waals surface area contributed by atoms with E-state index in [0.717, 1.165) is 19.5 Å². The van der Waals surface area contributed by atoms with E-state index in [0.29, 0.717) is 5.92 Å². The van der Waals surface area contributed by atoms with Crippen molar-refractivity contribution >= 4 is 5.91 Å². The highest BCUT2D eigenvalue weighted by atomic mass is 16.1. The van der Waals surface area contributed by atoms with E-state index in [1.165, 1.54) is 0 Å². The van der Waals surface area contributed by atoms with Gasteiger partial charge in [-0.3, -0.25) is 4.79 Å². The predicted molar refractivity (Wildman–Crippen MR) is 55.6 cm³/mol. The summed E-state index contributed by atoms with van der Waals surface area (Å²) in [5.74, 6) is 0.713. The average molecular weight is 186 g/mol. The lowest BCUT2D eigenvalue weighted by Crippen LogP contribution is -2.33. The molecule has 0 aromatic rings. The molecule has 0 heterocycles. The molecule has 0 aromatic carbocycles. The Morgan fingerprint density at radius 3 is 2.31 bits per heavy atom. The molecule has 0 rings (SSSR count). The van der Waals surface area contributed by atoms with Crippen LogP contribution in [0.25, 0.3) is 0 Å². The number of carbonyl (C=O) groups excluding carboxylic acids is 1. The van der Waals surface area contributed by atoms with Crippen molar-refractivity contribution in [3.8, 4) is 0 Å². The summed E-state index contributed by atoms with van der Waals surface area (Å²) >= 11 is 0. The summed E-state index contributed by atoms with van der Waals surface area (Å²) < 4.78 is 0. The molecule has 0 saturated carbocycles. The quantitative estimate of drug-likeness (QED) is 0.608. The van der Waals surface area contributed by atoms with Crippen molar-refractivity contribution in [3.05, 3.63) is 0 Å². The van der Waals surface area contributed by atoms with Crippen molar-refractivity contribution in [2.45, 2.75) is 27.2 Å². The molecule has 3 heteroatoms. The molecule has 0 fully saturated rings. The van der Waals surface area contributed by atoms with Crippen LogP contribution in [0.1, 0.15) is 27.2 Å². The van der Waals surface area contributed by atoms with Crippen LogP contribution in [0.2, 0.25) is 0 Å². The fourth-order valence-electron chi connectivity index (χ4n) is 0.940. The molecule has 0 aromatic heterocycles. The highest BCUT2D eigenvalue weighted by Gasteiger charge is 2.15. The highest BCUT2D eigenvalue weighted by molar-refractivity contribution is 5.78. The van der Waals surface area contributed by atoms with Gasteiger partial charge >= 0.3 is 0 Å². The Bertz CT molecular complexity index is 146. The van der Waals surface area contributed by atoms with Crippen molar-refractivity contribution in [2.24, 2.45) is 11.8 Å². The maximum atomic E-state index is 11.4. The number of carbonyl (C=O) groups is 1. The van der Waals surface area contributed by atoms with Gasteiger partial charge in [-0.15, -0.1) is 0 Å². The third-order valence-corrected chi connectivity index (χ3v) is 2.32. The van der Waals surface area contributed by atoms with E-state index in [1.54, 1.807) is 0 Å². The van der Waals surface area contributed by atoms with E-state index in [4.69, 9.17) is 0 Å². The molecule has 0 spiro atoms. The van der Waals surface area contributed by atoms with Crippen LogP contribution in [0.3, 0.4) is 0 Å². The Balaban J connectivity index is 3.50. The van der Waals surface area contributed by atoms with Gasteiger partial charge in [-0.25, -0.2) is 0 Å². The maximum Gasteiger partial charge on any atom is 0.223 e. The number of nitrogens with one attached hydrogen (secondary N) is 2. The normalized spacial score (nSPS) is 13.0. The van der Waals surface area contributed by atoms with E-state index in [9.17, 15) is 4.79 Å². The summed E-state index contributed by atoms with van der Waals surface area (Å²) in [5.41, 5.74) is 0. The lowest BCUT2D eigenvalue weighted by Gasteiger charge is -2.14. The lowest BCUT2D eigenvalue weighted by molar-refractivity contribution is -0.125. The first-order valence-corrected chi connectivity index (χ1v) is 5.02. The van der Waals surface area contributed by atoms with Gasteiger partial charge in [-0.1, -0.05) is 20.8 Å². The van der Waals surface area contributed by atoms with Crippen LogP contribution in [-0.4, -0.2) is 26.0 Å². The third kappa shape index (κ3) is 5.64. The van der Waals surface area contributed by atoms with Crippen LogP contribution >= 0.6 is 0 Å². The zero-order chi connectivity index (χ0) is 10.3. The summed E-state index contributed by atoms with van der Waals surface area (Å²) in [7, 11) is 1.92. The smallest absolute Gasteiger partial charge is 0.223 e. The molecule has 0 radical (unpaired) electrons. The second kappa shape index (κ2) is 6.89. The Labute approximate surface area is 81.3 Å². The molecule has 3 nitrogen and oxygen atoms in total. The van der Waals surface area contributed by atoms with Gasteiger partial charge in [0.1, 0.15) is 0 Å². The maximum absolute atomic E-state index is 11.4. The summed E-state index contributed by atoms with van der Waals surface area (Å²) in [5, 5.41) is 5.96. The van der Waals surface area contributed by atoms with Gasteiger partial charge in [0.05, 0.1) is 0 Å². The molecule has 2 N–H and O–H groups in total. The number of hydrogen-bond donors (Lipinski definition) is 2. The zero-order valence-corrected chi connectivity index (χ0v) is 9.18. The third-order valence-electron chi connectivity index (χ3n) is 2.32. The first-order valence-electron chi connectivity index (χ1n) is 5.02. The van der Waals surface area contributed by atoms with Crippen molar-refractivity contribution in [2.75, 3.05) is 20.1 Å². The molecule has 78 valence electrons. The van der Waals surface area contributed by atoms with Gasteiger partial charge in [0.25, 0.3) is 0 Å². The summed E-state index contributed by atoms with van der Waals surface area (Å²) in [6.45, 7) is 7.83. The van der Waals surface area contributed by atoms with Crippen molar-refractivity contribution in [1.29, 1.82) is 0 Å². The minimum absolute atomic E-state index is 0.120. The molecule has 1 atom stereocenters. The minimum atomic E-state index is 0.120. The Morgan fingerprint density at radius 2 is 1.85 bits per heavy atom. The monoisotopic (exact) mass is 186 g/mol. The second-order valence-corrected chi connectivity index (χ2v) is 3.78. The van der Waals surface area contributed by atoms with E-state index >= 15 is 0 Å². The number of hydrogen-bond acceptors (Lipinski definition) is 2. The zero-order valence-electron chi connectivity index (χ0n) is 9.18. The molecule has 0 aliphatic carbocycles. The Kier molecular flexibility index (Phi) is 6.59. The average Bonchev–Trinajstić information content (AvgIpc) is 2.10. The number of amides is 1. The molecule has 0 bridgehead atoms. The van der Waals surface area contributed by atoms with Crippen molar-refractivity contribution in [3.63, 3.8) is 0 Å². The van der Waals surface area contributed by atoms with Crippen LogP contribution in [0.4, 0.5) is 0 Å². The molecule has 0 aliphatic rings. The van der Waals surface area contributed by atoms with Gasteiger partial charge < -0.3 is 10.6 Å². The van der Waals surface area contributed by atoms with Gasteiger partial charge in [-0.05, 0) is 25.9 Å². The Hall–Kier alpha value is -0.570. The molecule has 0 aliphatic heterocycles. The van der Waals surface area contributed by atoms with Crippen LogP contribution in [0.15, 0.2) is 0 Å². The number of rotatable bonds is 6. The van der Waals surface area contributed by atoms with Crippen LogP contribution < -0.4 is 10.6 Å². The fourth-order valence-corrected chi connectivity index (χ4v) is 0.940. The SMILES string of the molecule is CNCCCNC(=O)C(C)C(C)C.